The van der Waals surface area contributed by atoms with Crippen LogP contribution in [0.4, 0.5) is 5.69 Å². The Labute approximate surface area is 154 Å². The number of rotatable bonds is 7. The second kappa shape index (κ2) is 8.94. The quantitative estimate of drug-likeness (QED) is 0.797. The molecule has 0 aromatic heterocycles. The highest BCUT2D eigenvalue weighted by Gasteiger charge is 2.18. The molecule has 0 saturated carbocycles. The van der Waals surface area contributed by atoms with E-state index in [0.29, 0.717) is 22.9 Å². The number of carbonyl (C=O) groups is 1. The van der Waals surface area contributed by atoms with Crippen molar-refractivity contribution in [3.63, 3.8) is 0 Å². The van der Waals surface area contributed by atoms with E-state index in [2.05, 4.69) is 5.32 Å². The molecule has 26 heavy (non-hydrogen) atoms. The summed E-state index contributed by atoms with van der Waals surface area (Å²) in [6, 6.07) is 11.2. The van der Waals surface area contributed by atoms with Crippen molar-refractivity contribution in [2.24, 2.45) is 0 Å². The zero-order valence-corrected chi connectivity index (χ0v) is 15.8. The van der Waals surface area contributed by atoms with Gasteiger partial charge in [-0.05, 0) is 56.2 Å². The van der Waals surface area contributed by atoms with Gasteiger partial charge in [0.05, 0.1) is 19.9 Å². The summed E-state index contributed by atoms with van der Waals surface area (Å²) in [5.41, 5.74) is 2.64. The summed E-state index contributed by atoms with van der Waals surface area (Å²) in [6.07, 6.45) is 3.20. The van der Waals surface area contributed by atoms with Crippen LogP contribution in [0.5, 0.6) is 17.2 Å². The Kier molecular flexibility index (Phi) is 6.67. The summed E-state index contributed by atoms with van der Waals surface area (Å²) in [7, 11) is 3.14. The number of amides is 1. The molecule has 138 valence electrons. The van der Waals surface area contributed by atoms with Gasteiger partial charge in [0, 0.05) is 0 Å². The molecule has 1 atom stereocenters. The van der Waals surface area contributed by atoms with Gasteiger partial charge >= 0.3 is 0 Å². The van der Waals surface area contributed by atoms with Crippen molar-refractivity contribution in [2.75, 3.05) is 19.5 Å². The monoisotopic (exact) mass is 355 g/mol. The van der Waals surface area contributed by atoms with Crippen LogP contribution in [0, 0.1) is 6.92 Å². The van der Waals surface area contributed by atoms with Crippen LogP contribution in [-0.4, -0.2) is 26.2 Å². The molecule has 2 aromatic rings. The third-order valence-corrected chi connectivity index (χ3v) is 3.83. The summed E-state index contributed by atoms with van der Waals surface area (Å²) in [5.74, 6) is 1.42. The smallest absolute Gasteiger partial charge is 0.265 e. The summed E-state index contributed by atoms with van der Waals surface area (Å²) < 4.78 is 16.5. The second-order valence-corrected chi connectivity index (χ2v) is 5.86. The van der Waals surface area contributed by atoms with Gasteiger partial charge in [0.1, 0.15) is 5.75 Å². The van der Waals surface area contributed by atoms with Gasteiger partial charge in [-0.1, -0.05) is 24.3 Å². The van der Waals surface area contributed by atoms with E-state index < -0.39 is 6.10 Å². The van der Waals surface area contributed by atoms with Crippen LogP contribution in [0.15, 0.2) is 42.5 Å². The molecule has 0 fully saturated rings. The Balaban J connectivity index is 2.13. The van der Waals surface area contributed by atoms with Crippen LogP contribution in [0.25, 0.3) is 6.08 Å². The van der Waals surface area contributed by atoms with Crippen molar-refractivity contribution in [1.29, 1.82) is 0 Å². The van der Waals surface area contributed by atoms with Crippen molar-refractivity contribution < 1.29 is 19.0 Å². The molecule has 2 aromatic carbocycles. The lowest BCUT2D eigenvalue weighted by molar-refractivity contribution is -0.122. The summed E-state index contributed by atoms with van der Waals surface area (Å²) >= 11 is 0. The Morgan fingerprint density at radius 1 is 1.04 bits per heavy atom. The third-order valence-electron chi connectivity index (χ3n) is 3.83. The first-order valence-corrected chi connectivity index (χ1v) is 8.41. The van der Waals surface area contributed by atoms with Crippen LogP contribution in [0.2, 0.25) is 0 Å². The summed E-state index contributed by atoms with van der Waals surface area (Å²) in [4.78, 5) is 12.5. The van der Waals surface area contributed by atoms with Gasteiger partial charge < -0.3 is 19.5 Å². The summed E-state index contributed by atoms with van der Waals surface area (Å²) in [5, 5.41) is 2.85. The number of hydrogen-bond donors (Lipinski definition) is 1. The van der Waals surface area contributed by atoms with E-state index in [9.17, 15) is 4.79 Å². The number of benzene rings is 2. The molecule has 0 heterocycles. The maximum absolute atomic E-state index is 12.5. The first kappa shape index (κ1) is 19.4. The highest BCUT2D eigenvalue weighted by atomic mass is 16.5. The minimum Gasteiger partial charge on any atom is -0.495 e. The SMILES string of the molecule is C/C=C/c1ccc(OC(C)C(=O)Nc2cc(C)ccc2OC)c(OC)c1. The lowest BCUT2D eigenvalue weighted by atomic mass is 10.2. The number of anilines is 1. The van der Waals surface area contributed by atoms with Crippen molar-refractivity contribution in [3.05, 3.63) is 53.6 Å². The molecule has 1 amide bonds. The van der Waals surface area contributed by atoms with E-state index in [1.807, 2.05) is 56.3 Å². The molecule has 0 aliphatic heterocycles. The zero-order valence-electron chi connectivity index (χ0n) is 15.8. The van der Waals surface area contributed by atoms with E-state index >= 15 is 0 Å². The molecule has 0 bridgehead atoms. The van der Waals surface area contributed by atoms with E-state index in [4.69, 9.17) is 14.2 Å². The Morgan fingerprint density at radius 2 is 1.73 bits per heavy atom. The van der Waals surface area contributed by atoms with Crippen molar-refractivity contribution in [1.82, 2.24) is 0 Å². The van der Waals surface area contributed by atoms with Gasteiger partial charge in [-0.15, -0.1) is 0 Å². The van der Waals surface area contributed by atoms with Crippen molar-refractivity contribution in [2.45, 2.75) is 26.9 Å². The molecule has 5 nitrogen and oxygen atoms in total. The first-order chi connectivity index (χ1) is 12.5. The number of carbonyl (C=O) groups excluding carboxylic acids is 1. The van der Waals surface area contributed by atoms with Crippen molar-refractivity contribution >= 4 is 17.7 Å². The van der Waals surface area contributed by atoms with Crippen LogP contribution in [-0.2, 0) is 4.79 Å². The van der Waals surface area contributed by atoms with E-state index in [-0.39, 0.29) is 5.91 Å². The second-order valence-electron chi connectivity index (χ2n) is 5.86. The van der Waals surface area contributed by atoms with Gasteiger partial charge in [0.25, 0.3) is 5.91 Å². The fourth-order valence-electron chi connectivity index (χ4n) is 2.48. The molecule has 0 aliphatic rings. The number of allylic oxidation sites excluding steroid dienone is 1. The lowest BCUT2D eigenvalue weighted by Gasteiger charge is -2.18. The number of methoxy groups -OCH3 is 2. The average molecular weight is 355 g/mol. The molecular formula is C21H25NO4. The highest BCUT2D eigenvalue weighted by Crippen LogP contribution is 2.30. The minimum absolute atomic E-state index is 0.270. The maximum Gasteiger partial charge on any atom is 0.265 e. The molecule has 2 rings (SSSR count). The third kappa shape index (κ3) is 4.79. The minimum atomic E-state index is -0.707. The Bertz CT molecular complexity index is 799. The van der Waals surface area contributed by atoms with Crippen LogP contribution < -0.4 is 19.5 Å². The Hall–Kier alpha value is -2.95. The van der Waals surface area contributed by atoms with Gasteiger partial charge in [-0.25, -0.2) is 0 Å². The topological polar surface area (TPSA) is 56.8 Å². The average Bonchev–Trinajstić information content (AvgIpc) is 2.63. The maximum atomic E-state index is 12.5. The van der Waals surface area contributed by atoms with Crippen LogP contribution in [0.1, 0.15) is 25.0 Å². The highest BCUT2D eigenvalue weighted by molar-refractivity contribution is 5.95. The van der Waals surface area contributed by atoms with E-state index in [1.165, 1.54) is 0 Å². The number of nitrogens with one attached hydrogen (secondary N) is 1. The van der Waals surface area contributed by atoms with Gasteiger partial charge in [0.15, 0.2) is 17.6 Å². The Morgan fingerprint density at radius 3 is 2.38 bits per heavy atom. The van der Waals surface area contributed by atoms with E-state index in [0.717, 1.165) is 11.1 Å². The van der Waals surface area contributed by atoms with Gasteiger partial charge in [-0.2, -0.15) is 0 Å². The fraction of sp³-hybridized carbons (Fsp3) is 0.286. The molecule has 1 unspecified atom stereocenters. The largest absolute Gasteiger partial charge is 0.495 e. The van der Waals surface area contributed by atoms with E-state index in [1.54, 1.807) is 27.2 Å². The van der Waals surface area contributed by atoms with Crippen LogP contribution in [0.3, 0.4) is 0 Å². The fourth-order valence-corrected chi connectivity index (χ4v) is 2.48. The normalized spacial score (nSPS) is 11.9. The lowest BCUT2D eigenvalue weighted by Crippen LogP contribution is -2.30. The molecule has 0 aliphatic carbocycles. The van der Waals surface area contributed by atoms with Crippen molar-refractivity contribution in [3.8, 4) is 17.2 Å². The molecule has 0 saturated heterocycles. The molecular weight excluding hydrogens is 330 g/mol. The molecule has 1 N–H and O–H groups in total. The standard InChI is InChI=1S/C21H25NO4/c1-6-7-16-9-11-19(20(13-16)25-5)26-15(3)21(23)22-17-12-14(2)8-10-18(17)24-4/h6-13,15H,1-5H3,(H,22,23)/b7-6+. The zero-order chi connectivity index (χ0) is 19.1. The molecule has 5 heteroatoms. The van der Waals surface area contributed by atoms with Gasteiger partial charge in [0.2, 0.25) is 0 Å². The number of aryl methyl sites for hydroxylation is 1. The van der Waals surface area contributed by atoms with Gasteiger partial charge in [-0.3, -0.25) is 4.79 Å². The summed E-state index contributed by atoms with van der Waals surface area (Å²) in [6.45, 7) is 5.59. The van der Waals surface area contributed by atoms with Crippen LogP contribution >= 0.6 is 0 Å². The molecule has 0 spiro atoms. The number of hydrogen-bond acceptors (Lipinski definition) is 4. The predicted octanol–water partition coefficient (Wildman–Crippen LogP) is 4.45. The predicted molar refractivity (Wildman–Crippen MR) is 104 cm³/mol. The first-order valence-electron chi connectivity index (χ1n) is 8.41. The number of ether oxygens (including phenoxy) is 3. The molecule has 0 radical (unpaired) electrons.